The molecule has 3 heterocycles. The molecule has 1 aliphatic heterocycles. The molecule has 1 aliphatic rings. The number of aliphatic imine (C=N–C) groups is 1. The number of nitrogens with zero attached hydrogens (tertiary/aromatic N) is 3. The van der Waals surface area contributed by atoms with Gasteiger partial charge in [-0.2, -0.15) is 0 Å². The molecule has 0 spiro atoms. The maximum absolute atomic E-state index is 5.93. The van der Waals surface area contributed by atoms with Gasteiger partial charge in [0.2, 0.25) is 0 Å². The fraction of sp³-hybridized carbons (Fsp3) is 0.524. The van der Waals surface area contributed by atoms with E-state index in [1.54, 1.807) is 0 Å². The van der Waals surface area contributed by atoms with Crippen LogP contribution in [0.2, 0.25) is 5.15 Å². The fourth-order valence-electron chi connectivity index (χ4n) is 3.47. The molecule has 3 rings (SSSR count). The van der Waals surface area contributed by atoms with E-state index in [4.69, 9.17) is 21.0 Å². The van der Waals surface area contributed by atoms with Gasteiger partial charge in [-0.3, -0.25) is 9.89 Å². The summed E-state index contributed by atoms with van der Waals surface area (Å²) in [5, 5.41) is 7.27. The van der Waals surface area contributed by atoms with E-state index in [1.807, 2.05) is 31.3 Å². The minimum absolute atomic E-state index is 0.187. The van der Waals surface area contributed by atoms with E-state index < -0.39 is 0 Å². The molecular formula is C21H30ClN5O. The van der Waals surface area contributed by atoms with Crippen LogP contribution in [0.1, 0.15) is 42.9 Å². The first kappa shape index (κ1) is 20.7. The molecule has 152 valence electrons. The molecule has 0 aromatic carbocycles. The molecule has 2 aromatic rings. The van der Waals surface area contributed by atoms with Crippen LogP contribution in [0.3, 0.4) is 0 Å². The number of hydrogen-bond acceptors (Lipinski definition) is 4. The molecule has 2 N–H and O–H groups in total. The van der Waals surface area contributed by atoms with Crippen LogP contribution in [-0.4, -0.2) is 48.6 Å². The third-order valence-electron chi connectivity index (χ3n) is 4.93. The van der Waals surface area contributed by atoms with Gasteiger partial charge >= 0.3 is 0 Å². The highest BCUT2D eigenvalue weighted by atomic mass is 35.5. The van der Waals surface area contributed by atoms with Crippen LogP contribution >= 0.6 is 11.6 Å². The van der Waals surface area contributed by atoms with Gasteiger partial charge in [0.1, 0.15) is 16.7 Å². The zero-order valence-electron chi connectivity index (χ0n) is 16.7. The summed E-state index contributed by atoms with van der Waals surface area (Å²) < 4.78 is 5.93. The Labute approximate surface area is 172 Å². The Hall–Kier alpha value is -2.05. The van der Waals surface area contributed by atoms with Crippen LogP contribution in [0.5, 0.6) is 0 Å². The van der Waals surface area contributed by atoms with E-state index in [2.05, 4.69) is 33.5 Å². The maximum atomic E-state index is 5.93. The topological polar surface area (TPSA) is 65.7 Å². The Bertz CT molecular complexity index is 752. The first-order chi connectivity index (χ1) is 13.7. The van der Waals surface area contributed by atoms with Crippen LogP contribution in [0, 0.1) is 6.92 Å². The van der Waals surface area contributed by atoms with Crippen molar-refractivity contribution in [2.24, 2.45) is 4.99 Å². The summed E-state index contributed by atoms with van der Waals surface area (Å²) in [4.78, 5) is 11.5. The van der Waals surface area contributed by atoms with E-state index in [9.17, 15) is 0 Å². The predicted octanol–water partition coefficient (Wildman–Crippen LogP) is 3.57. The average molecular weight is 404 g/mol. The van der Waals surface area contributed by atoms with Gasteiger partial charge < -0.3 is 15.1 Å². The summed E-state index contributed by atoms with van der Waals surface area (Å²) >= 11 is 5.85. The highest BCUT2D eigenvalue weighted by molar-refractivity contribution is 6.29. The van der Waals surface area contributed by atoms with Crippen LogP contribution in [0.25, 0.3) is 0 Å². The second-order valence-electron chi connectivity index (χ2n) is 7.09. The standard InChI is InChI=1S/C21H30ClN5O/c1-3-23-21(24-11-10-17-7-9-20(22)25-14-17)26-15-18(27-12-4-5-13-27)19-8-6-16(2)28-19/h6-9,14,18H,3-5,10-13,15H2,1-2H3,(H2,23,24,26). The van der Waals surface area contributed by atoms with Crippen molar-refractivity contribution in [3.63, 3.8) is 0 Å². The number of aromatic nitrogens is 1. The third-order valence-corrected chi connectivity index (χ3v) is 5.16. The van der Waals surface area contributed by atoms with Gasteiger partial charge in [-0.05, 0) is 70.0 Å². The van der Waals surface area contributed by atoms with E-state index in [1.165, 1.54) is 12.8 Å². The lowest BCUT2D eigenvalue weighted by atomic mass is 10.2. The molecule has 0 aliphatic carbocycles. The molecule has 0 amide bonds. The van der Waals surface area contributed by atoms with Crippen molar-refractivity contribution in [2.45, 2.75) is 39.2 Å². The van der Waals surface area contributed by atoms with E-state index in [0.29, 0.717) is 11.7 Å². The Morgan fingerprint density at radius 3 is 2.71 bits per heavy atom. The van der Waals surface area contributed by atoms with Gasteiger partial charge in [-0.25, -0.2) is 4.98 Å². The molecule has 28 heavy (non-hydrogen) atoms. The lowest BCUT2D eigenvalue weighted by molar-refractivity contribution is 0.219. The minimum atomic E-state index is 0.187. The van der Waals surface area contributed by atoms with Gasteiger partial charge in [-0.1, -0.05) is 17.7 Å². The molecule has 2 aromatic heterocycles. The monoisotopic (exact) mass is 403 g/mol. The molecule has 1 unspecified atom stereocenters. The number of aryl methyl sites for hydroxylation is 1. The van der Waals surface area contributed by atoms with Crippen molar-refractivity contribution >= 4 is 17.6 Å². The van der Waals surface area contributed by atoms with Crippen molar-refractivity contribution in [1.29, 1.82) is 0 Å². The molecule has 1 fully saturated rings. The minimum Gasteiger partial charge on any atom is -0.465 e. The van der Waals surface area contributed by atoms with Crippen molar-refractivity contribution < 1.29 is 4.42 Å². The van der Waals surface area contributed by atoms with Crippen molar-refractivity contribution in [3.8, 4) is 0 Å². The Balaban J connectivity index is 1.61. The SMILES string of the molecule is CCNC(=NCC(c1ccc(C)o1)N1CCCC1)NCCc1ccc(Cl)nc1. The second kappa shape index (κ2) is 10.5. The van der Waals surface area contributed by atoms with Crippen molar-refractivity contribution in [2.75, 3.05) is 32.7 Å². The van der Waals surface area contributed by atoms with E-state index >= 15 is 0 Å². The summed E-state index contributed by atoms with van der Waals surface area (Å²) in [6.45, 7) is 8.55. The van der Waals surface area contributed by atoms with E-state index in [-0.39, 0.29) is 6.04 Å². The summed E-state index contributed by atoms with van der Waals surface area (Å²) in [6, 6.07) is 8.13. The van der Waals surface area contributed by atoms with Crippen molar-refractivity contribution in [3.05, 3.63) is 52.7 Å². The predicted molar refractivity (Wildman–Crippen MR) is 114 cm³/mol. The number of furan rings is 1. The third kappa shape index (κ3) is 5.97. The van der Waals surface area contributed by atoms with Gasteiger partial charge in [0.25, 0.3) is 0 Å². The smallest absolute Gasteiger partial charge is 0.191 e. The van der Waals surface area contributed by atoms with Gasteiger partial charge in [0, 0.05) is 19.3 Å². The highest BCUT2D eigenvalue weighted by Gasteiger charge is 2.25. The van der Waals surface area contributed by atoms with Crippen LogP contribution in [0.15, 0.2) is 39.9 Å². The lowest BCUT2D eigenvalue weighted by Gasteiger charge is -2.24. The van der Waals surface area contributed by atoms with Crippen LogP contribution in [0.4, 0.5) is 0 Å². The molecular weight excluding hydrogens is 374 g/mol. The molecule has 0 radical (unpaired) electrons. The molecule has 0 bridgehead atoms. The first-order valence-corrected chi connectivity index (χ1v) is 10.5. The summed E-state index contributed by atoms with van der Waals surface area (Å²) in [6.07, 6.45) is 5.17. The van der Waals surface area contributed by atoms with Crippen LogP contribution in [-0.2, 0) is 6.42 Å². The Morgan fingerprint density at radius 2 is 2.07 bits per heavy atom. The highest BCUT2D eigenvalue weighted by Crippen LogP contribution is 2.26. The molecule has 0 saturated carbocycles. The molecule has 1 saturated heterocycles. The zero-order valence-corrected chi connectivity index (χ0v) is 17.5. The number of rotatable bonds is 8. The van der Waals surface area contributed by atoms with Gasteiger partial charge in [0.15, 0.2) is 5.96 Å². The molecule has 7 heteroatoms. The number of halogens is 1. The Kier molecular flexibility index (Phi) is 7.74. The average Bonchev–Trinajstić information content (AvgIpc) is 3.36. The van der Waals surface area contributed by atoms with Gasteiger partial charge in [0.05, 0.1) is 12.6 Å². The number of hydrogen-bond donors (Lipinski definition) is 2. The van der Waals surface area contributed by atoms with Crippen LogP contribution < -0.4 is 10.6 Å². The van der Waals surface area contributed by atoms with E-state index in [0.717, 1.165) is 55.6 Å². The summed E-state index contributed by atoms with van der Waals surface area (Å²) in [7, 11) is 0. The molecule has 6 nitrogen and oxygen atoms in total. The molecule has 1 atom stereocenters. The lowest BCUT2D eigenvalue weighted by Crippen LogP contribution is -2.39. The first-order valence-electron chi connectivity index (χ1n) is 10.1. The summed E-state index contributed by atoms with van der Waals surface area (Å²) in [5.41, 5.74) is 1.15. The maximum Gasteiger partial charge on any atom is 0.191 e. The normalized spacial score (nSPS) is 16.3. The fourth-order valence-corrected chi connectivity index (χ4v) is 3.58. The van der Waals surface area contributed by atoms with Crippen molar-refractivity contribution in [1.82, 2.24) is 20.5 Å². The number of guanidine groups is 1. The Morgan fingerprint density at radius 1 is 1.25 bits per heavy atom. The quantitative estimate of drug-likeness (QED) is 0.400. The number of pyridine rings is 1. The number of nitrogens with one attached hydrogen (secondary N) is 2. The number of likely N-dealkylation sites (tertiary alicyclic amines) is 1. The largest absolute Gasteiger partial charge is 0.465 e. The van der Waals surface area contributed by atoms with Gasteiger partial charge in [-0.15, -0.1) is 0 Å². The second-order valence-corrected chi connectivity index (χ2v) is 7.48. The zero-order chi connectivity index (χ0) is 19.8. The summed E-state index contributed by atoms with van der Waals surface area (Å²) in [5.74, 6) is 2.79.